The molecule has 0 atom stereocenters. The summed E-state index contributed by atoms with van der Waals surface area (Å²) in [5, 5.41) is 12.0. The Hall–Kier alpha value is -13.0. The summed E-state index contributed by atoms with van der Waals surface area (Å²) in [5.41, 5.74) is 27.3. The van der Waals surface area contributed by atoms with E-state index in [0.717, 1.165) is 118 Å². The van der Waals surface area contributed by atoms with Crippen LogP contribution >= 0.6 is 0 Å². The van der Waals surface area contributed by atoms with Gasteiger partial charge in [-0.25, -0.2) is 0 Å². The molecule has 22 rings (SSSR count). The minimum absolute atomic E-state index is 0.298. The quantitative estimate of drug-likeness (QED) is 0.149. The van der Waals surface area contributed by atoms with Crippen molar-refractivity contribution in [3.63, 3.8) is 0 Å². The van der Waals surface area contributed by atoms with Crippen LogP contribution in [-0.2, 0) is 0 Å². The molecule has 0 spiro atoms. The summed E-state index contributed by atoms with van der Waals surface area (Å²) in [4.78, 5) is 5.46. The van der Waals surface area contributed by atoms with Gasteiger partial charge in [0.25, 0.3) is 6.71 Å². The zero-order valence-electron chi connectivity index (χ0n) is 53.0. The van der Waals surface area contributed by atoms with E-state index in [4.69, 9.17) is 0 Å². The molecule has 15 aromatic carbocycles. The van der Waals surface area contributed by atoms with Crippen molar-refractivity contribution in [1.82, 2.24) is 22.8 Å². The van der Waals surface area contributed by atoms with Crippen molar-refractivity contribution in [2.24, 2.45) is 0 Å². The molecular weight excluding hydrogens is 1190 g/mol. The van der Waals surface area contributed by atoms with Gasteiger partial charge in [0.1, 0.15) is 0 Å². The monoisotopic (exact) mass is 1250 g/mol. The molecule has 2 aliphatic rings. The van der Waals surface area contributed by atoms with Gasteiger partial charge in [0, 0.05) is 76.6 Å². The van der Waals surface area contributed by atoms with E-state index in [2.05, 4.69) is 372 Å². The Labute approximate surface area is 563 Å². The van der Waals surface area contributed by atoms with E-state index in [1.165, 1.54) is 70.3 Å². The first-order valence-electron chi connectivity index (χ1n) is 33.9. The molecule has 7 heterocycles. The van der Waals surface area contributed by atoms with Crippen molar-refractivity contribution in [1.29, 1.82) is 0 Å². The van der Waals surface area contributed by atoms with Crippen LogP contribution in [0.5, 0.6) is 0 Å². The number of hydrogen-bond acceptors (Lipinski definition) is 2. The van der Waals surface area contributed by atoms with Crippen molar-refractivity contribution < 1.29 is 0 Å². The Balaban J connectivity index is 0.986. The lowest BCUT2D eigenvalue weighted by molar-refractivity contribution is 1.14. The molecule has 0 bridgehead atoms. The standard InChI is InChI=1S/C90H56BN7/c1-4-28-57(29-5-1)92-73-45-21-14-38-64(73)84-80(92)54-52-67-88(84)97(78-50-26-24-48-76(78)95-69-41-17-10-34-60(69)61-35-11-18-42-70(61)95)83-56-82-86(66-40-16-23-47-75(66)94(82)59-32-8-3-9-33-59)90-87(83)91(67)68-53-55-81-85(65-39-15-22-46-74(65)93(81)58-30-6-2-7-31-58)89(68)98(90)79-51-27-25-49-77(79)96-71-43-19-12-36-62(71)63-37-13-20-44-72(63)96/h1-56H. The van der Waals surface area contributed by atoms with E-state index >= 15 is 0 Å². The summed E-state index contributed by atoms with van der Waals surface area (Å²) in [7, 11) is 0. The minimum atomic E-state index is -0.298. The van der Waals surface area contributed by atoms with E-state index in [9.17, 15) is 0 Å². The van der Waals surface area contributed by atoms with E-state index in [1.54, 1.807) is 0 Å². The molecule has 454 valence electrons. The number of nitrogens with zero attached hydrogens (tertiary/aromatic N) is 7. The van der Waals surface area contributed by atoms with Crippen molar-refractivity contribution in [3.05, 3.63) is 340 Å². The van der Waals surface area contributed by atoms with E-state index in [0.29, 0.717) is 0 Å². The van der Waals surface area contributed by atoms with Crippen LogP contribution < -0.4 is 26.2 Å². The van der Waals surface area contributed by atoms with E-state index < -0.39 is 0 Å². The first kappa shape index (κ1) is 53.3. The lowest BCUT2D eigenvalue weighted by Crippen LogP contribution is -2.61. The highest BCUT2D eigenvalue weighted by Crippen LogP contribution is 2.56. The zero-order valence-corrected chi connectivity index (χ0v) is 53.0. The Bertz CT molecular complexity index is 6650. The number of anilines is 6. The van der Waals surface area contributed by atoms with Gasteiger partial charge in [-0.3, -0.25) is 0 Å². The molecule has 0 saturated carbocycles. The van der Waals surface area contributed by atoms with E-state index in [1.807, 2.05) is 0 Å². The summed E-state index contributed by atoms with van der Waals surface area (Å²) in [5.74, 6) is 0. The molecule has 0 saturated heterocycles. The lowest BCUT2D eigenvalue weighted by atomic mass is 9.33. The van der Waals surface area contributed by atoms with Crippen molar-refractivity contribution in [2.75, 3.05) is 9.80 Å². The Kier molecular flexibility index (Phi) is 11.0. The second kappa shape index (κ2) is 20.2. The number of fused-ring (bicyclic) bond motifs is 22. The molecule has 0 N–H and O–H groups in total. The van der Waals surface area contributed by atoms with Gasteiger partial charge in [0.05, 0.1) is 95.0 Å². The van der Waals surface area contributed by atoms with Crippen LogP contribution in [0.25, 0.3) is 137 Å². The zero-order chi connectivity index (χ0) is 63.8. The first-order chi connectivity index (χ1) is 48.7. The second-order valence-electron chi connectivity index (χ2n) is 26.2. The first-order valence-corrected chi connectivity index (χ1v) is 33.9. The summed E-state index contributed by atoms with van der Waals surface area (Å²) < 4.78 is 12.6. The van der Waals surface area contributed by atoms with Gasteiger partial charge in [-0.1, -0.05) is 218 Å². The maximum absolute atomic E-state index is 2.75. The normalized spacial score (nSPS) is 12.8. The van der Waals surface area contributed by atoms with Gasteiger partial charge in [-0.15, -0.1) is 0 Å². The fraction of sp³-hybridized carbons (Fsp3) is 0. The maximum Gasteiger partial charge on any atom is 0.252 e. The lowest BCUT2D eigenvalue weighted by Gasteiger charge is -2.45. The van der Waals surface area contributed by atoms with Crippen LogP contribution in [0.1, 0.15) is 0 Å². The third kappa shape index (κ3) is 7.11. The molecule has 0 aliphatic carbocycles. The highest BCUT2D eigenvalue weighted by atomic mass is 15.2. The third-order valence-electron chi connectivity index (χ3n) is 21.4. The molecule has 8 heteroatoms. The van der Waals surface area contributed by atoms with Gasteiger partial charge in [0.15, 0.2) is 0 Å². The molecule has 98 heavy (non-hydrogen) atoms. The van der Waals surface area contributed by atoms with Crippen molar-refractivity contribution in [3.8, 4) is 28.4 Å². The summed E-state index contributed by atoms with van der Waals surface area (Å²) in [6.45, 7) is -0.298. The van der Waals surface area contributed by atoms with Crippen LogP contribution in [0.4, 0.5) is 34.1 Å². The average Bonchev–Trinajstić information content (AvgIpc) is 1.26. The van der Waals surface area contributed by atoms with Crippen LogP contribution in [0.3, 0.4) is 0 Å². The highest BCUT2D eigenvalue weighted by molar-refractivity contribution is 7.01. The van der Waals surface area contributed by atoms with Gasteiger partial charge in [0.2, 0.25) is 0 Å². The average molecular weight is 1250 g/mol. The number of rotatable bonds is 7. The van der Waals surface area contributed by atoms with Crippen LogP contribution in [-0.4, -0.2) is 29.5 Å². The molecular formula is C90H56BN7. The molecule has 5 aromatic heterocycles. The fourth-order valence-corrected chi connectivity index (χ4v) is 17.7. The summed E-state index contributed by atoms with van der Waals surface area (Å²) >= 11 is 0. The Morgan fingerprint density at radius 3 is 0.857 bits per heavy atom. The molecule has 0 amide bonds. The smallest absolute Gasteiger partial charge is 0.252 e. The molecule has 2 aliphatic heterocycles. The second-order valence-corrected chi connectivity index (χ2v) is 26.2. The van der Waals surface area contributed by atoms with Crippen LogP contribution in [0.2, 0.25) is 0 Å². The number of benzene rings is 15. The van der Waals surface area contributed by atoms with Gasteiger partial charge in [-0.05, 0) is 138 Å². The molecule has 0 radical (unpaired) electrons. The number of aromatic nitrogens is 5. The SMILES string of the molecule is c1ccc(-n2c3ccccc3c3c4c(ccc32)B2c3ccc5c(c3N(c3ccccc3-n3c6ccccc6c6ccccc63)c3c2c(cc2c3c3ccccc3n2-c2ccccc2)N4c2ccccc2-n2c3ccccc3c3ccccc32)c2ccccc2n5-c2ccccc2)cc1. The van der Waals surface area contributed by atoms with Gasteiger partial charge in [-0.2, -0.15) is 0 Å². The molecule has 20 aromatic rings. The van der Waals surface area contributed by atoms with Gasteiger partial charge < -0.3 is 32.6 Å². The fourth-order valence-electron chi connectivity index (χ4n) is 17.7. The Morgan fingerprint density at radius 1 is 0.184 bits per heavy atom. The summed E-state index contributed by atoms with van der Waals surface area (Å²) in [6, 6.07) is 127. The third-order valence-corrected chi connectivity index (χ3v) is 21.4. The van der Waals surface area contributed by atoms with Crippen molar-refractivity contribution >= 4 is 166 Å². The summed E-state index contributed by atoms with van der Waals surface area (Å²) in [6.07, 6.45) is 0. The Morgan fingerprint density at radius 2 is 0.469 bits per heavy atom. The molecule has 7 nitrogen and oxygen atoms in total. The predicted molar refractivity (Wildman–Crippen MR) is 412 cm³/mol. The van der Waals surface area contributed by atoms with Crippen LogP contribution in [0.15, 0.2) is 340 Å². The van der Waals surface area contributed by atoms with Gasteiger partial charge >= 0.3 is 0 Å². The topological polar surface area (TPSA) is 31.1 Å². The minimum Gasteiger partial charge on any atom is -0.309 e. The largest absolute Gasteiger partial charge is 0.309 e. The van der Waals surface area contributed by atoms with Crippen LogP contribution in [0, 0.1) is 0 Å². The number of para-hydroxylation sites is 14. The maximum atomic E-state index is 2.75. The van der Waals surface area contributed by atoms with E-state index in [-0.39, 0.29) is 6.71 Å². The number of hydrogen-bond donors (Lipinski definition) is 0. The van der Waals surface area contributed by atoms with Crippen molar-refractivity contribution in [2.45, 2.75) is 0 Å². The predicted octanol–water partition coefficient (Wildman–Crippen LogP) is 21.3. The molecule has 0 unspecified atom stereocenters. The highest BCUT2D eigenvalue weighted by Gasteiger charge is 2.48. The molecule has 0 fully saturated rings.